The molecule has 0 aromatic heterocycles. The Kier molecular flexibility index (Phi) is 12.5. The number of nitrogens with one attached hydrogen (secondary N) is 2. The van der Waals surface area contributed by atoms with Gasteiger partial charge in [0.15, 0.2) is 5.96 Å². The van der Waals surface area contributed by atoms with Crippen LogP contribution in [-0.4, -0.2) is 89.3 Å². The van der Waals surface area contributed by atoms with E-state index < -0.39 is 0 Å². The van der Waals surface area contributed by atoms with Gasteiger partial charge in [0.05, 0.1) is 33.0 Å². The lowest BCUT2D eigenvalue weighted by Gasteiger charge is -2.34. The second-order valence-corrected chi connectivity index (χ2v) is 7.79. The standard InChI is InChI=1S/C21H42N4O3/c1-3-5-12-26-15-16-27-14-9-23-21(22-4-2)24-20-6-10-25(11-7-20)17-19-8-13-28-18-19/h19-20H,3-18H2,1-2H3,(H2,22,23,24). The maximum atomic E-state index is 5.61. The number of hydrogen-bond donors (Lipinski definition) is 2. The van der Waals surface area contributed by atoms with E-state index in [2.05, 4.69) is 34.4 Å². The first-order valence-corrected chi connectivity index (χ1v) is 11.3. The van der Waals surface area contributed by atoms with Crippen LogP contribution in [0.3, 0.4) is 0 Å². The zero-order valence-corrected chi connectivity index (χ0v) is 18.1. The summed E-state index contributed by atoms with van der Waals surface area (Å²) >= 11 is 0. The van der Waals surface area contributed by atoms with Crippen molar-refractivity contribution in [2.75, 3.05) is 72.4 Å². The molecule has 1 unspecified atom stereocenters. The quantitative estimate of drug-likeness (QED) is 0.280. The third-order valence-corrected chi connectivity index (χ3v) is 5.33. The van der Waals surface area contributed by atoms with Crippen molar-refractivity contribution in [1.82, 2.24) is 15.5 Å². The molecule has 164 valence electrons. The molecule has 0 radical (unpaired) electrons. The van der Waals surface area contributed by atoms with Gasteiger partial charge < -0.3 is 29.7 Å². The van der Waals surface area contributed by atoms with E-state index in [1.807, 2.05) is 0 Å². The van der Waals surface area contributed by atoms with Crippen molar-refractivity contribution in [3.05, 3.63) is 0 Å². The van der Waals surface area contributed by atoms with Gasteiger partial charge in [-0.1, -0.05) is 13.3 Å². The molecule has 2 aliphatic heterocycles. The van der Waals surface area contributed by atoms with Crippen LogP contribution in [0.1, 0.15) is 46.0 Å². The number of piperidine rings is 1. The minimum atomic E-state index is 0.502. The van der Waals surface area contributed by atoms with E-state index in [0.29, 0.717) is 32.4 Å². The van der Waals surface area contributed by atoms with Crippen LogP contribution in [-0.2, 0) is 14.2 Å². The van der Waals surface area contributed by atoms with Gasteiger partial charge in [-0.15, -0.1) is 0 Å². The van der Waals surface area contributed by atoms with Crippen LogP contribution in [0.4, 0.5) is 0 Å². The van der Waals surface area contributed by atoms with Gasteiger partial charge >= 0.3 is 0 Å². The second kappa shape index (κ2) is 15.0. The highest BCUT2D eigenvalue weighted by molar-refractivity contribution is 5.80. The van der Waals surface area contributed by atoms with Gasteiger partial charge in [-0.05, 0) is 38.5 Å². The highest BCUT2D eigenvalue weighted by atomic mass is 16.5. The maximum Gasteiger partial charge on any atom is 0.191 e. The molecule has 28 heavy (non-hydrogen) atoms. The first-order valence-electron chi connectivity index (χ1n) is 11.3. The molecule has 2 saturated heterocycles. The van der Waals surface area contributed by atoms with E-state index >= 15 is 0 Å². The molecule has 7 nitrogen and oxygen atoms in total. The van der Waals surface area contributed by atoms with Crippen LogP contribution in [0.5, 0.6) is 0 Å². The lowest BCUT2D eigenvalue weighted by molar-refractivity contribution is 0.0497. The molecule has 2 heterocycles. The highest BCUT2D eigenvalue weighted by Gasteiger charge is 2.24. The predicted octanol–water partition coefficient (Wildman–Crippen LogP) is 1.88. The lowest BCUT2D eigenvalue weighted by Crippen LogP contribution is -2.49. The van der Waals surface area contributed by atoms with Crippen LogP contribution in [0, 0.1) is 5.92 Å². The number of unbranched alkanes of at least 4 members (excludes halogenated alkanes) is 1. The number of ether oxygens (including phenoxy) is 3. The third kappa shape index (κ3) is 10.0. The Morgan fingerprint density at radius 3 is 2.54 bits per heavy atom. The summed E-state index contributed by atoms with van der Waals surface area (Å²) in [5.74, 6) is 1.65. The molecule has 7 heteroatoms. The van der Waals surface area contributed by atoms with Crippen LogP contribution >= 0.6 is 0 Å². The summed E-state index contributed by atoms with van der Waals surface area (Å²) in [5.41, 5.74) is 0. The molecule has 0 saturated carbocycles. The van der Waals surface area contributed by atoms with Crippen molar-refractivity contribution in [3.63, 3.8) is 0 Å². The number of aliphatic imine (C=N–C) groups is 1. The van der Waals surface area contributed by atoms with Crippen LogP contribution in [0.2, 0.25) is 0 Å². The van der Waals surface area contributed by atoms with E-state index in [1.54, 1.807) is 0 Å². The Labute approximate surface area is 171 Å². The summed E-state index contributed by atoms with van der Waals surface area (Å²) in [6.45, 7) is 14.0. The van der Waals surface area contributed by atoms with Gasteiger partial charge in [0.2, 0.25) is 0 Å². The van der Waals surface area contributed by atoms with Crippen LogP contribution in [0.25, 0.3) is 0 Å². The van der Waals surface area contributed by atoms with E-state index in [1.165, 1.54) is 32.2 Å². The Morgan fingerprint density at radius 1 is 1.07 bits per heavy atom. The average Bonchev–Trinajstić information content (AvgIpc) is 3.21. The Balaban J connectivity index is 1.56. The fourth-order valence-electron chi connectivity index (χ4n) is 3.66. The number of guanidine groups is 1. The molecule has 2 rings (SSSR count). The maximum absolute atomic E-state index is 5.61. The summed E-state index contributed by atoms with van der Waals surface area (Å²) in [6.07, 6.45) is 5.86. The normalized spacial score (nSPS) is 21.9. The van der Waals surface area contributed by atoms with Crippen LogP contribution in [0.15, 0.2) is 4.99 Å². The average molecular weight is 399 g/mol. The highest BCUT2D eigenvalue weighted by Crippen LogP contribution is 2.17. The number of rotatable bonds is 13. The summed E-state index contributed by atoms with van der Waals surface area (Å²) in [7, 11) is 0. The van der Waals surface area contributed by atoms with Crippen molar-refractivity contribution in [2.24, 2.45) is 10.9 Å². The van der Waals surface area contributed by atoms with E-state index in [4.69, 9.17) is 14.2 Å². The molecule has 0 spiro atoms. The molecule has 0 amide bonds. The summed E-state index contributed by atoms with van der Waals surface area (Å²) in [4.78, 5) is 7.25. The largest absolute Gasteiger partial charge is 0.381 e. The molecule has 0 aromatic rings. The van der Waals surface area contributed by atoms with E-state index in [-0.39, 0.29) is 0 Å². The molecule has 0 bridgehead atoms. The third-order valence-electron chi connectivity index (χ3n) is 5.33. The fraction of sp³-hybridized carbons (Fsp3) is 0.952. The van der Waals surface area contributed by atoms with Crippen molar-refractivity contribution in [1.29, 1.82) is 0 Å². The van der Waals surface area contributed by atoms with Crippen LogP contribution < -0.4 is 10.6 Å². The van der Waals surface area contributed by atoms with Gasteiger partial charge in [0.25, 0.3) is 0 Å². The Hall–Kier alpha value is -0.890. The van der Waals surface area contributed by atoms with Gasteiger partial charge in [0, 0.05) is 45.4 Å². The smallest absolute Gasteiger partial charge is 0.191 e. The first-order chi connectivity index (χ1) is 13.8. The summed E-state index contributed by atoms with van der Waals surface area (Å²) in [6, 6.07) is 0.502. The SMILES string of the molecule is CCCCOCCOCCN=C(NCC)NC1CCN(CC2CCOC2)CC1. The zero-order valence-electron chi connectivity index (χ0n) is 18.1. The van der Waals surface area contributed by atoms with Gasteiger partial charge in [-0.2, -0.15) is 0 Å². The zero-order chi connectivity index (χ0) is 19.9. The van der Waals surface area contributed by atoms with Gasteiger partial charge in [0.1, 0.15) is 0 Å². The number of nitrogens with zero attached hydrogens (tertiary/aromatic N) is 2. The summed E-state index contributed by atoms with van der Waals surface area (Å²) < 4.78 is 16.6. The van der Waals surface area contributed by atoms with Gasteiger partial charge in [-0.3, -0.25) is 4.99 Å². The minimum absolute atomic E-state index is 0.502. The lowest BCUT2D eigenvalue weighted by atomic mass is 10.0. The first kappa shape index (κ1) is 23.4. The Bertz CT molecular complexity index is 408. The summed E-state index contributed by atoms with van der Waals surface area (Å²) in [5, 5.41) is 6.96. The van der Waals surface area contributed by atoms with Gasteiger partial charge in [-0.25, -0.2) is 0 Å². The van der Waals surface area contributed by atoms with Crippen molar-refractivity contribution >= 4 is 5.96 Å². The number of likely N-dealkylation sites (tertiary alicyclic amines) is 1. The molecule has 2 fully saturated rings. The molecular weight excluding hydrogens is 356 g/mol. The van der Waals surface area contributed by atoms with E-state index in [0.717, 1.165) is 57.8 Å². The van der Waals surface area contributed by atoms with Crippen molar-refractivity contribution in [3.8, 4) is 0 Å². The molecule has 2 aliphatic rings. The molecular formula is C21H42N4O3. The molecule has 0 aromatic carbocycles. The van der Waals surface area contributed by atoms with Crippen molar-refractivity contribution in [2.45, 2.75) is 52.0 Å². The Morgan fingerprint density at radius 2 is 1.86 bits per heavy atom. The van der Waals surface area contributed by atoms with Crippen molar-refractivity contribution < 1.29 is 14.2 Å². The molecule has 0 aliphatic carbocycles. The topological polar surface area (TPSA) is 67.4 Å². The monoisotopic (exact) mass is 398 g/mol. The molecule has 2 N–H and O–H groups in total. The fourth-order valence-corrected chi connectivity index (χ4v) is 3.66. The number of hydrogen-bond acceptors (Lipinski definition) is 5. The molecule has 1 atom stereocenters. The second-order valence-electron chi connectivity index (χ2n) is 7.79. The minimum Gasteiger partial charge on any atom is -0.381 e. The predicted molar refractivity (Wildman–Crippen MR) is 114 cm³/mol. The van der Waals surface area contributed by atoms with E-state index in [9.17, 15) is 0 Å².